The average Bonchev–Trinajstić information content (AvgIpc) is 2.25. The van der Waals surface area contributed by atoms with E-state index in [9.17, 15) is 0 Å². The van der Waals surface area contributed by atoms with Gasteiger partial charge in [0.25, 0.3) is 0 Å². The summed E-state index contributed by atoms with van der Waals surface area (Å²) in [6.07, 6.45) is 0. The molecule has 0 aromatic heterocycles. The van der Waals surface area contributed by atoms with Crippen LogP contribution < -0.4 is 15.2 Å². The second-order valence-electron chi connectivity index (χ2n) is 3.23. The molecular formula is C11H17NO3. The van der Waals surface area contributed by atoms with Crippen LogP contribution in [0.15, 0.2) is 18.2 Å². The summed E-state index contributed by atoms with van der Waals surface area (Å²) in [5.41, 5.74) is 6.67. The van der Waals surface area contributed by atoms with Crippen molar-refractivity contribution in [2.45, 2.75) is 13.0 Å². The monoisotopic (exact) mass is 211 g/mol. The molecule has 0 saturated heterocycles. The Balaban J connectivity index is 3.02. The van der Waals surface area contributed by atoms with E-state index in [1.807, 2.05) is 25.1 Å². The third kappa shape index (κ3) is 2.84. The maximum absolute atomic E-state index is 8.70. The highest BCUT2D eigenvalue weighted by molar-refractivity contribution is 5.46. The van der Waals surface area contributed by atoms with Crippen LogP contribution in [0.4, 0.5) is 0 Å². The summed E-state index contributed by atoms with van der Waals surface area (Å²) < 4.78 is 10.6. The first-order chi connectivity index (χ1) is 7.20. The van der Waals surface area contributed by atoms with Crippen molar-refractivity contribution in [1.29, 1.82) is 0 Å². The average molecular weight is 211 g/mol. The fourth-order valence-electron chi connectivity index (χ4n) is 1.43. The molecule has 0 unspecified atom stereocenters. The number of aliphatic hydroxyl groups is 1. The third-order valence-corrected chi connectivity index (χ3v) is 2.05. The Morgan fingerprint density at radius 3 is 2.60 bits per heavy atom. The lowest BCUT2D eigenvalue weighted by molar-refractivity contribution is 0.199. The van der Waals surface area contributed by atoms with Gasteiger partial charge in [0.05, 0.1) is 19.3 Å². The molecule has 3 N–H and O–H groups in total. The molecule has 1 aromatic rings. The second kappa shape index (κ2) is 5.58. The summed E-state index contributed by atoms with van der Waals surface area (Å²) in [6.45, 7) is 2.10. The van der Waals surface area contributed by atoms with Gasteiger partial charge in [-0.15, -0.1) is 0 Å². The summed E-state index contributed by atoms with van der Waals surface area (Å²) in [4.78, 5) is 0. The number of benzene rings is 1. The van der Waals surface area contributed by atoms with Crippen LogP contribution in [-0.2, 0) is 0 Å². The van der Waals surface area contributed by atoms with Crippen molar-refractivity contribution in [3.8, 4) is 11.5 Å². The van der Waals surface area contributed by atoms with Gasteiger partial charge in [-0.3, -0.25) is 0 Å². The molecule has 1 aromatic carbocycles. The predicted octanol–water partition coefficient (Wildman–Crippen LogP) is 1.09. The van der Waals surface area contributed by atoms with Gasteiger partial charge in [0.2, 0.25) is 0 Å². The topological polar surface area (TPSA) is 64.7 Å². The first-order valence-electron chi connectivity index (χ1n) is 4.86. The minimum atomic E-state index is -0.171. The lowest BCUT2D eigenvalue weighted by Crippen LogP contribution is -2.11. The highest BCUT2D eigenvalue weighted by atomic mass is 16.5. The predicted molar refractivity (Wildman–Crippen MR) is 58.2 cm³/mol. The van der Waals surface area contributed by atoms with Crippen molar-refractivity contribution in [3.63, 3.8) is 0 Å². The summed E-state index contributed by atoms with van der Waals surface area (Å²) in [6, 6.07) is 5.31. The lowest BCUT2D eigenvalue weighted by Gasteiger charge is -2.16. The minimum absolute atomic E-state index is 0.0183. The van der Waals surface area contributed by atoms with Gasteiger partial charge in [0.1, 0.15) is 18.1 Å². The number of rotatable bonds is 5. The molecule has 1 atom stereocenters. The molecule has 0 aliphatic heterocycles. The Morgan fingerprint density at radius 1 is 1.40 bits per heavy atom. The SMILES string of the molecule is COc1cccc(OCCO)c1[C@H](C)N. The van der Waals surface area contributed by atoms with E-state index >= 15 is 0 Å². The normalized spacial score (nSPS) is 12.3. The number of nitrogens with two attached hydrogens (primary N) is 1. The van der Waals surface area contributed by atoms with Gasteiger partial charge in [-0.2, -0.15) is 0 Å². The van der Waals surface area contributed by atoms with Gasteiger partial charge in [0, 0.05) is 6.04 Å². The zero-order chi connectivity index (χ0) is 11.3. The van der Waals surface area contributed by atoms with Gasteiger partial charge in [-0.05, 0) is 19.1 Å². The van der Waals surface area contributed by atoms with E-state index in [-0.39, 0.29) is 19.3 Å². The molecule has 84 valence electrons. The Kier molecular flexibility index (Phi) is 4.39. The number of hydrogen-bond acceptors (Lipinski definition) is 4. The number of ether oxygens (including phenoxy) is 2. The molecule has 4 heteroatoms. The Labute approximate surface area is 89.6 Å². The lowest BCUT2D eigenvalue weighted by atomic mass is 10.1. The molecule has 0 aliphatic carbocycles. The van der Waals surface area contributed by atoms with Crippen LogP contribution in [0.3, 0.4) is 0 Å². The molecule has 4 nitrogen and oxygen atoms in total. The zero-order valence-electron chi connectivity index (χ0n) is 9.06. The largest absolute Gasteiger partial charge is 0.496 e. The molecule has 0 spiro atoms. The maximum Gasteiger partial charge on any atom is 0.127 e. The van der Waals surface area contributed by atoms with E-state index in [1.165, 1.54) is 0 Å². The molecule has 0 radical (unpaired) electrons. The van der Waals surface area contributed by atoms with Crippen LogP contribution in [0, 0.1) is 0 Å². The quantitative estimate of drug-likeness (QED) is 0.765. The van der Waals surface area contributed by atoms with E-state index in [1.54, 1.807) is 7.11 Å². The fraction of sp³-hybridized carbons (Fsp3) is 0.455. The van der Waals surface area contributed by atoms with Crippen LogP contribution in [0.2, 0.25) is 0 Å². The van der Waals surface area contributed by atoms with E-state index in [2.05, 4.69) is 0 Å². The maximum atomic E-state index is 8.70. The van der Waals surface area contributed by atoms with E-state index in [0.717, 1.165) is 5.56 Å². The van der Waals surface area contributed by atoms with E-state index < -0.39 is 0 Å². The molecule has 0 saturated carbocycles. The van der Waals surface area contributed by atoms with Crippen molar-refractivity contribution in [2.24, 2.45) is 5.73 Å². The molecule has 0 aliphatic rings. The number of hydrogen-bond donors (Lipinski definition) is 2. The van der Waals surface area contributed by atoms with Gasteiger partial charge in [0.15, 0.2) is 0 Å². The van der Waals surface area contributed by atoms with Crippen molar-refractivity contribution in [3.05, 3.63) is 23.8 Å². The highest BCUT2D eigenvalue weighted by Crippen LogP contribution is 2.32. The van der Waals surface area contributed by atoms with Gasteiger partial charge >= 0.3 is 0 Å². The second-order valence-corrected chi connectivity index (χ2v) is 3.23. The Hall–Kier alpha value is -1.26. The van der Waals surface area contributed by atoms with Crippen LogP contribution in [0.5, 0.6) is 11.5 Å². The summed E-state index contributed by atoms with van der Waals surface area (Å²) in [5, 5.41) is 8.70. The van der Waals surface area contributed by atoms with Gasteiger partial charge < -0.3 is 20.3 Å². The van der Waals surface area contributed by atoms with E-state index in [0.29, 0.717) is 11.5 Å². The van der Waals surface area contributed by atoms with Crippen molar-refractivity contribution >= 4 is 0 Å². The molecule has 0 bridgehead atoms. The molecule has 0 heterocycles. The first-order valence-corrected chi connectivity index (χ1v) is 4.86. The van der Waals surface area contributed by atoms with Crippen LogP contribution in [0.25, 0.3) is 0 Å². The summed E-state index contributed by atoms with van der Waals surface area (Å²) in [7, 11) is 1.59. The molecule has 15 heavy (non-hydrogen) atoms. The van der Waals surface area contributed by atoms with Crippen molar-refractivity contribution < 1.29 is 14.6 Å². The molecule has 0 fully saturated rings. The Bertz CT molecular complexity index is 313. The standard InChI is InChI=1S/C11H17NO3/c1-8(12)11-9(14-2)4-3-5-10(11)15-7-6-13/h3-5,8,13H,6-7,12H2,1-2H3/t8-/m0/s1. The van der Waals surface area contributed by atoms with E-state index in [4.69, 9.17) is 20.3 Å². The minimum Gasteiger partial charge on any atom is -0.496 e. The smallest absolute Gasteiger partial charge is 0.127 e. The zero-order valence-corrected chi connectivity index (χ0v) is 9.06. The van der Waals surface area contributed by atoms with Crippen LogP contribution in [-0.4, -0.2) is 25.4 Å². The highest BCUT2D eigenvalue weighted by Gasteiger charge is 2.13. The van der Waals surface area contributed by atoms with Gasteiger partial charge in [-0.25, -0.2) is 0 Å². The summed E-state index contributed by atoms with van der Waals surface area (Å²) >= 11 is 0. The van der Waals surface area contributed by atoms with Crippen LogP contribution in [0.1, 0.15) is 18.5 Å². The Morgan fingerprint density at radius 2 is 2.07 bits per heavy atom. The summed E-state index contributed by atoms with van der Waals surface area (Å²) in [5.74, 6) is 1.37. The van der Waals surface area contributed by atoms with Crippen molar-refractivity contribution in [2.75, 3.05) is 20.3 Å². The molecule has 0 amide bonds. The first kappa shape index (κ1) is 11.8. The van der Waals surface area contributed by atoms with Gasteiger partial charge in [-0.1, -0.05) is 6.07 Å². The van der Waals surface area contributed by atoms with Crippen molar-refractivity contribution in [1.82, 2.24) is 0 Å². The van der Waals surface area contributed by atoms with Crippen LogP contribution >= 0.6 is 0 Å². The molecule has 1 rings (SSSR count). The number of methoxy groups -OCH3 is 1. The fourth-order valence-corrected chi connectivity index (χ4v) is 1.43. The molecular weight excluding hydrogens is 194 g/mol. The third-order valence-electron chi connectivity index (χ3n) is 2.05. The number of aliphatic hydroxyl groups excluding tert-OH is 1.